The summed E-state index contributed by atoms with van der Waals surface area (Å²) in [4.78, 5) is 23.4. The Kier molecular flexibility index (Phi) is 7.29. The minimum absolute atomic E-state index is 0.0189. The molecule has 0 heterocycles. The first-order chi connectivity index (χ1) is 10.1. The van der Waals surface area contributed by atoms with Crippen molar-refractivity contribution in [3.63, 3.8) is 0 Å². The molecule has 0 aromatic heterocycles. The molecule has 0 N–H and O–H groups in total. The van der Waals surface area contributed by atoms with E-state index >= 15 is 0 Å². The lowest BCUT2D eigenvalue weighted by Crippen LogP contribution is -2.05. The fraction of sp³-hybridized carbons (Fsp3) is 0.500. The minimum Gasteiger partial charge on any atom is -0.497 e. The summed E-state index contributed by atoms with van der Waals surface area (Å²) in [5, 5.41) is 0. The number of hydrogen-bond acceptors (Lipinski definition) is 5. The molecule has 0 radical (unpaired) electrons. The fourth-order valence-electron chi connectivity index (χ4n) is 1.95. The standard InChI is InChI=1S/C16H22O5/c1-4-21-16(18)8-6-5-7-14(17)13-11-12(19-2)9-10-15(13)20-3/h9-11H,4-8H2,1-3H3. The van der Waals surface area contributed by atoms with E-state index in [-0.39, 0.29) is 11.8 Å². The van der Waals surface area contributed by atoms with E-state index in [2.05, 4.69) is 0 Å². The fourth-order valence-corrected chi connectivity index (χ4v) is 1.95. The highest BCUT2D eigenvalue weighted by Crippen LogP contribution is 2.25. The number of esters is 1. The number of carbonyl (C=O) groups is 2. The maximum Gasteiger partial charge on any atom is 0.305 e. The Morgan fingerprint density at radius 3 is 2.38 bits per heavy atom. The van der Waals surface area contributed by atoms with Gasteiger partial charge in [0.15, 0.2) is 5.78 Å². The Hall–Kier alpha value is -2.04. The second kappa shape index (κ2) is 9.00. The molecule has 1 aromatic rings. The number of hydrogen-bond donors (Lipinski definition) is 0. The molecule has 1 rings (SSSR count). The zero-order chi connectivity index (χ0) is 15.7. The van der Waals surface area contributed by atoms with Crippen LogP contribution >= 0.6 is 0 Å². The van der Waals surface area contributed by atoms with Gasteiger partial charge in [-0.1, -0.05) is 0 Å². The monoisotopic (exact) mass is 294 g/mol. The summed E-state index contributed by atoms with van der Waals surface area (Å²) in [5.74, 6) is 0.912. The highest BCUT2D eigenvalue weighted by Gasteiger charge is 2.13. The van der Waals surface area contributed by atoms with Crippen LogP contribution in [0.3, 0.4) is 0 Å². The molecule has 0 unspecified atom stereocenters. The van der Waals surface area contributed by atoms with Crippen molar-refractivity contribution in [1.29, 1.82) is 0 Å². The van der Waals surface area contributed by atoms with Gasteiger partial charge in [-0.05, 0) is 38.0 Å². The molecule has 0 amide bonds. The Labute approximate surface area is 125 Å². The van der Waals surface area contributed by atoms with Crippen LogP contribution in [0.1, 0.15) is 43.0 Å². The van der Waals surface area contributed by atoms with Gasteiger partial charge in [-0.3, -0.25) is 9.59 Å². The molecule has 116 valence electrons. The van der Waals surface area contributed by atoms with Crippen LogP contribution in [-0.4, -0.2) is 32.6 Å². The smallest absolute Gasteiger partial charge is 0.305 e. The molecular weight excluding hydrogens is 272 g/mol. The first-order valence-electron chi connectivity index (χ1n) is 7.03. The van der Waals surface area contributed by atoms with Crippen molar-refractivity contribution in [2.24, 2.45) is 0 Å². The Bertz CT molecular complexity index is 482. The number of Topliss-reactive ketones (excluding diaryl/α,β-unsaturated/α-hetero) is 1. The number of methoxy groups -OCH3 is 2. The second-order valence-corrected chi connectivity index (χ2v) is 4.50. The zero-order valence-electron chi connectivity index (χ0n) is 12.8. The van der Waals surface area contributed by atoms with E-state index < -0.39 is 0 Å². The normalized spacial score (nSPS) is 10.0. The van der Waals surface area contributed by atoms with Crippen molar-refractivity contribution in [3.05, 3.63) is 23.8 Å². The topological polar surface area (TPSA) is 61.8 Å². The largest absolute Gasteiger partial charge is 0.497 e. The molecule has 0 aliphatic rings. The second-order valence-electron chi connectivity index (χ2n) is 4.50. The SMILES string of the molecule is CCOC(=O)CCCCC(=O)c1cc(OC)ccc1OC. The summed E-state index contributed by atoms with van der Waals surface area (Å²) in [5.41, 5.74) is 0.507. The van der Waals surface area contributed by atoms with E-state index in [1.54, 1.807) is 32.2 Å². The summed E-state index contributed by atoms with van der Waals surface area (Å²) in [7, 11) is 3.08. The number of rotatable bonds is 9. The lowest BCUT2D eigenvalue weighted by Gasteiger charge is -2.09. The van der Waals surface area contributed by atoms with Crippen LogP contribution < -0.4 is 9.47 Å². The zero-order valence-corrected chi connectivity index (χ0v) is 12.8. The van der Waals surface area contributed by atoms with Crippen LogP contribution in [-0.2, 0) is 9.53 Å². The predicted molar refractivity (Wildman–Crippen MR) is 79.0 cm³/mol. The third-order valence-corrected chi connectivity index (χ3v) is 3.05. The molecule has 5 nitrogen and oxygen atoms in total. The van der Waals surface area contributed by atoms with E-state index in [0.29, 0.717) is 49.4 Å². The first-order valence-corrected chi connectivity index (χ1v) is 7.03. The van der Waals surface area contributed by atoms with Gasteiger partial charge in [0, 0.05) is 12.8 Å². The number of ether oxygens (including phenoxy) is 3. The molecule has 0 aliphatic heterocycles. The molecule has 0 saturated heterocycles. The van der Waals surface area contributed by atoms with Crippen molar-refractivity contribution in [1.82, 2.24) is 0 Å². The quantitative estimate of drug-likeness (QED) is 0.398. The number of ketones is 1. The van der Waals surface area contributed by atoms with Crippen LogP contribution in [0.25, 0.3) is 0 Å². The van der Waals surface area contributed by atoms with Crippen LogP contribution in [0, 0.1) is 0 Å². The summed E-state index contributed by atoms with van der Waals surface area (Å²) < 4.78 is 15.2. The summed E-state index contributed by atoms with van der Waals surface area (Å²) in [6.45, 7) is 2.16. The first kappa shape index (κ1) is 17.0. The van der Waals surface area contributed by atoms with Gasteiger partial charge in [0.25, 0.3) is 0 Å². The molecule has 1 aromatic carbocycles. The van der Waals surface area contributed by atoms with Crippen LogP contribution in [0.2, 0.25) is 0 Å². The molecule has 21 heavy (non-hydrogen) atoms. The van der Waals surface area contributed by atoms with Gasteiger partial charge in [0.2, 0.25) is 0 Å². The van der Waals surface area contributed by atoms with Crippen molar-refractivity contribution in [3.8, 4) is 11.5 Å². The van der Waals surface area contributed by atoms with Gasteiger partial charge in [0.1, 0.15) is 11.5 Å². The number of unbranched alkanes of at least 4 members (excludes halogenated alkanes) is 1. The van der Waals surface area contributed by atoms with Crippen molar-refractivity contribution in [2.45, 2.75) is 32.6 Å². The molecule has 0 aliphatic carbocycles. The van der Waals surface area contributed by atoms with E-state index in [9.17, 15) is 9.59 Å². The molecule has 0 bridgehead atoms. The lowest BCUT2D eigenvalue weighted by atomic mass is 10.0. The van der Waals surface area contributed by atoms with E-state index in [1.807, 2.05) is 0 Å². The highest BCUT2D eigenvalue weighted by atomic mass is 16.5. The van der Waals surface area contributed by atoms with Crippen molar-refractivity contribution < 1.29 is 23.8 Å². The average molecular weight is 294 g/mol. The van der Waals surface area contributed by atoms with Crippen LogP contribution in [0.4, 0.5) is 0 Å². The predicted octanol–water partition coefficient (Wildman–Crippen LogP) is 3.01. The van der Waals surface area contributed by atoms with Gasteiger partial charge in [0.05, 0.1) is 26.4 Å². The van der Waals surface area contributed by atoms with Gasteiger partial charge in [-0.2, -0.15) is 0 Å². The molecule has 0 fully saturated rings. The van der Waals surface area contributed by atoms with Crippen molar-refractivity contribution in [2.75, 3.05) is 20.8 Å². The van der Waals surface area contributed by atoms with Crippen LogP contribution in [0.5, 0.6) is 11.5 Å². The molecule has 0 atom stereocenters. The number of benzene rings is 1. The van der Waals surface area contributed by atoms with E-state index in [1.165, 1.54) is 7.11 Å². The highest BCUT2D eigenvalue weighted by molar-refractivity contribution is 5.99. The maximum atomic E-state index is 12.2. The third-order valence-electron chi connectivity index (χ3n) is 3.05. The van der Waals surface area contributed by atoms with Crippen molar-refractivity contribution >= 4 is 11.8 Å². The van der Waals surface area contributed by atoms with E-state index in [4.69, 9.17) is 14.2 Å². The Morgan fingerprint density at radius 2 is 1.76 bits per heavy atom. The number of carbonyl (C=O) groups excluding carboxylic acids is 2. The molecule has 0 saturated carbocycles. The van der Waals surface area contributed by atoms with Gasteiger partial charge in [-0.15, -0.1) is 0 Å². The van der Waals surface area contributed by atoms with Gasteiger partial charge in [-0.25, -0.2) is 0 Å². The summed E-state index contributed by atoms with van der Waals surface area (Å²) in [6.07, 6.45) is 1.98. The van der Waals surface area contributed by atoms with Gasteiger partial charge >= 0.3 is 5.97 Å². The Balaban J connectivity index is 2.53. The maximum absolute atomic E-state index is 12.2. The summed E-state index contributed by atoms with van der Waals surface area (Å²) in [6, 6.07) is 5.13. The molecule has 5 heteroatoms. The minimum atomic E-state index is -0.219. The van der Waals surface area contributed by atoms with Crippen LogP contribution in [0.15, 0.2) is 18.2 Å². The van der Waals surface area contributed by atoms with Gasteiger partial charge < -0.3 is 14.2 Å². The Morgan fingerprint density at radius 1 is 1.05 bits per heavy atom. The average Bonchev–Trinajstić information content (AvgIpc) is 2.50. The molecular formula is C16H22O5. The third kappa shape index (κ3) is 5.45. The molecule has 0 spiro atoms. The summed E-state index contributed by atoms with van der Waals surface area (Å²) >= 11 is 0. The van der Waals surface area contributed by atoms with E-state index in [0.717, 1.165) is 0 Å². The lowest BCUT2D eigenvalue weighted by molar-refractivity contribution is -0.143.